The van der Waals surface area contributed by atoms with Gasteiger partial charge in [0.1, 0.15) is 18.0 Å². The standard InChI is InChI=1S/C51H64N10O7/c1-35(54-47(63)38-11-6-12-39(32-38)57-51(20-25-60(2)26-21-51)50-56-46(58-59-50)36-18-22-52-23-19-36)37-10-7-13-40(33-37)68-30-5-3-4-27-66-28-9-29-67-31-24-53-43-15-8-14-41-42(43)34-61(49(41)65)44-16-17-45(62)55-48(44)64/h6-8,10-15,18-19,22-23,32-33,35,44-45,53,57,62H,3-5,9,16-17,20-21,24-31,34H2,1-2H3,(H,54,63)(H,55,64)(H,56,58,59)/t35-,44?,45?/m1/s1. The second kappa shape index (κ2) is 23.1. The van der Waals surface area contributed by atoms with Crippen LogP contribution in [0.1, 0.15) is 102 Å². The molecule has 2 unspecified atom stereocenters. The first-order valence-electron chi connectivity index (χ1n) is 23.9. The predicted octanol–water partition coefficient (Wildman–Crippen LogP) is 6.03. The fourth-order valence-electron chi connectivity index (χ4n) is 9.03. The van der Waals surface area contributed by atoms with E-state index in [9.17, 15) is 19.5 Å². The van der Waals surface area contributed by atoms with Crippen LogP contribution in [0.2, 0.25) is 0 Å². The van der Waals surface area contributed by atoms with Gasteiger partial charge in [0.2, 0.25) is 5.91 Å². The van der Waals surface area contributed by atoms with Crippen molar-refractivity contribution in [3.8, 4) is 17.1 Å². The molecule has 3 aliphatic rings. The Morgan fingerprint density at radius 1 is 0.897 bits per heavy atom. The molecule has 2 saturated heterocycles. The SMILES string of the molecule is C[C@@H](NC(=O)c1cccc(NC2(c3nc(-c4ccncc4)n[nH]3)CCN(C)CC2)c1)c1cccc(OCCCCCOCCCOCCNc2cccc3c2CN(C2CCC(O)NC2=O)C3=O)c1. The number of nitrogens with one attached hydrogen (secondary N) is 5. The van der Waals surface area contributed by atoms with Crippen LogP contribution in [0.25, 0.3) is 11.4 Å². The highest BCUT2D eigenvalue weighted by molar-refractivity contribution is 6.02. The van der Waals surface area contributed by atoms with Gasteiger partial charge in [-0.2, -0.15) is 5.10 Å². The van der Waals surface area contributed by atoms with Crippen molar-refractivity contribution in [3.05, 3.63) is 119 Å². The number of unbranched alkanes of at least 4 members (excludes halogenated alkanes) is 2. The van der Waals surface area contributed by atoms with Gasteiger partial charge in [0.15, 0.2) is 11.6 Å². The van der Waals surface area contributed by atoms with Gasteiger partial charge in [0.05, 0.1) is 24.8 Å². The highest BCUT2D eigenvalue weighted by atomic mass is 16.5. The fourth-order valence-corrected chi connectivity index (χ4v) is 9.03. The van der Waals surface area contributed by atoms with E-state index in [-0.39, 0.29) is 23.8 Å². The smallest absolute Gasteiger partial charge is 0.255 e. The number of hydrogen-bond donors (Lipinski definition) is 6. The van der Waals surface area contributed by atoms with Crippen molar-refractivity contribution in [3.63, 3.8) is 0 Å². The number of ether oxygens (including phenoxy) is 3. The number of hydrogen-bond acceptors (Lipinski definition) is 13. The first-order chi connectivity index (χ1) is 33.2. The average Bonchev–Trinajstić information content (AvgIpc) is 3.99. The first-order valence-corrected chi connectivity index (χ1v) is 23.9. The third kappa shape index (κ3) is 12.2. The maximum absolute atomic E-state index is 13.6. The molecule has 3 aromatic carbocycles. The summed E-state index contributed by atoms with van der Waals surface area (Å²) >= 11 is 0. The molecular formula is C51H64N10O7. The number of carbonyl (C=O) groups is 3. The maximum atomic E-state index is 13.6. The van der Waals surface area contributed by atoms with Crippen molar-refractivity contribution < 1.29 is 33.7 Å². The summed E-state index contributed by atoms with van der Waals surface area (Å²) in [6, 6.07) is 24.1. The van der Waals surface area contributed by atoms with Crippen molar-refractivity contribution in [1.29, 1.82) is 0 Å². The zero-order chi connectivity index (χ0) is 47.3. The molecule has 6 N–H and O–H groups in total. The lowest BCUT2D eigenvalue weighted by Gasteiger charge is -2.40. The summed E-state index contributed by atoms with van der Waals surface area (Å²) in [5.74, 6) is 1.53. The molecule has 17 heteroatoms. The number of aliphatic hydroxyl groups is 1. The molecule has 8 rings (SSSR count). The normalized spacial score (nSPS) is 18.4. The second-order valence-electron chi connectivity index (χ2n) is 17.9. The van der Waals surface area contributed by atoms with Gasteiger partial charge in [-0.15, -0.1) is 0 Å². The Hall–Kier alpha value is -6.40. The molecule has 5 heterocycles. The summed E-state index contributed by atoms with van der Waals surface area (Å²) in [7, 11) is 2.12. The van der Waals surface area contributed by atoms with E-state index in [1.54, 1.807) is 23.4 Å². The molecule has 17 nitrogen and oxygen atoms in total. The van der Waals surface area contributed by atoms with E-state index in [0.29, 0.717) is 75.9 Å². The number of aromatic amines is 1. The summed E-state index contributed by atoms with van der Waals surface area (Å²) in [6.45, 7) is 7.68. The Morgan fingerprint density at radius 2 is 1.66 bits per heavy atom. The number of aliphatic hydroxyl groups excluding tert-OH is 1. The number of aromatic nitrogens is 4. The minimum absolute atomic E-state index is 0.159. The summed E-state index contributed by atoms with van der Waals surface area (Å²) in [5.41, 5.74) is 5.12. The average molecular weight is 929 g/mol. The van der Waals surface area contributed by atoms with Gasteiger partial charge < -0.3 is 50.4 Å². The van der Waals surface area contributed by atoms with Crippen LogP contribution in [-0.2, 0) is 26.4 Å². The second-order valence-corrected chi connectivity index (χ2v) is 17.9. The van der Waals surface area contributed by atoms with Gasteiger partial charge in [-0.25, -0.2) is 4.98 Å². The number of carbonyl (C=O) groups excluding carboxylic acids is 3. The van der Waals surface area contributed by atoms with Gasteiger partial charge in [-0.1, -0.05) is 24.3 Å². The summed E-state index contributed by atoms with van der Waals surface area (Å²) in [5, 5.41) is 30.3. The Labute approximate surface area is 397 Å². The molecule has 0 radical (unpaired) electrons. The number of amides is 3. The maximum Gasteiger partial charge on any atom is 0.255 e. The monoisotopic (exact) mass is 928 g/mol. The van der Waals surface area contributed by atoms with Crippen LogP contribution in [0.15, 0.2) is 91.3 Å². The van der Waals surface area contributed by atoms with E-state index in [1.807, 2.05) is 79.7 Å². The summed E-state index contributed by atoms with van der Waals surface area (Å²) in [4.78, 5) is 52.1. The third-order valence-corrected chi connectivity index (χ3v) is 13.0. The minimum Gasteiger partial charge on any atom is -0.494 e. The molecule has 3 aliphatic heterocycles. The number of anilines is 2. The van der Waals surface area contributed by atoms with Crippen molar-refractivity contribution in [2.24, 2.45) is 0 Å². The topological polar surface area (TPSA) is 208 Å². The molecule has 5 aromatic rings. The fraction of sp³-hybridized carbons (Fsp3) is 0.451. The van der Waals surface area contributed by atoms with Crippen molar-refractivity contribution in [2.45, 2.75) is 88.7 Å². The number of rotatable bonds is 23. The number of benzene rings is 3. The summed E-state index contributed by atoms with van der Waals surface area (Å²) in [6.07, 6.45) is 8.72. The Balaban J connectivity index is 0.693. The van der Waals surface area contributed by atoms with E-state index in [2.05, 4.69) is 48.4 Å². The van der Waals surface area contributed by atoms with Crippen molar-refractivity contribution in [2.75, 3.05) is 70.3 Å². The third-order valence-electron chi connectivity index (χ3n) is 13.0. The van der Waals surface area contributed by atoms with Crippen LogP contribution in [-0.4, -0.2) is 125 Å². The van der Waals surface area contributed by atoms with Crippen LogP contribution in [0, 0.1) is 0 Å². The molecule has 68 heavy (non-hydrogen) atoms. The highest BCUT2D eigenvalue weighted by Gasteiger charge is 2.41. The van der Waals surface area contributed by atoms with Gasteiger partial charge in [0.25, 0.3) is 11.8 Å². The van der Waals surface area contributed by atoms with Crippen LogP contribution < -0.4 is 26.0 Å². The van der Waals surface area contributed by atoms with Gasteiger partial charge >= 0.3 is 0 Å². The van der Waals surface area contributed by atoms with E-state index >= 15 is 0 Å². The molecule has 3 atom stereocenters. The van der Waals surface area contributed by atoms with E-state index in [4.69, 9.17) is 19.2 Å². The lowest BCUT2D eigenvalue weighted by Crippen LogP contribution is -2.54. The molecule has 0 bridgehead atoms. The number of nitrogens with zero attached hydrogens (tertiary/aromatic N) is 5. The quantitative estimate of drug-likeness (QED) is 0.0415. The number of H-pyrrole nitrogens is 1. The zero-order valence-corrected chi connectivity index (χ0v) is 39.0. The van der Waals surface area contributed by atoms with E-state index in [1.165, 1.54) is 0 Å². The molecule has 0 aliphatic carbocycles. The molecule has 0 saturated carbocycles. The first kappa shape index (κ1) is 48.1. The number of fused-ring (bicyclic) bond motifs is 1. The largest absolute Gasteiger partial charge is 0.494 e. The Morgan fingerprint density at radius 3 is 2.49 bits per heavy atom. The predicted molar refractivity (Wildman–Crippen MR) is 258 cm³/mol. The van der Waals surface area contributed by atoms with Gasteiger partial charge in [-0.05, 0) is 125 Å². The van der Waals surface area contributed by atoms with Gasteiger partial charge in [-0.3, -0.25) is 24.5 Å². The van der Waals surface area contributed by atoms with Crippen molar-refractivity contribution >= 4 is 29.1 Å². The number of likely N-dealkylation sites (tertiary alicyclic amines) is 1. The Kier molecular flexibility index (Phi) is 16.3. The van der Waals surface area contributed by atoms with E-state index in [0.717, 1.165) is 91.3 Å². The van der Waals surface area contributed by atoms with Crippen LogP contribution in [0.5, 0.6) is 5.75 Å². The van der Waals surface area contributed by atoms with E-state index < -0.39 is 17.8 Å². The van der Waals surface area contributed by atoms with Gasteiger partial charge in [0, 0.05) is 92.0 Å². The lowest BCUT2D eigenvalue weighted by molar-refractivity contribution is -0.132. The molecule has 3 amide bonds. The lowest BCUT2D eigenvalue weighted by atomic mass is 9.86. The minimum atomic E-state index is -0.857. The van der Waals surface area contributed by atoms with Crippen LogP contribution >= 0.6 is 0 Å². The van der Waals surface area contributed by atoms with Crippen LogP contribution in [0.4, 0.5) is 11.4 Å². The highest BCUT2D eigenvalue weighted by Crippen LogP contribution is 2.36. The molecular weight excluding hydrogens is 865 g/mol. The molecule has 2 fully saturated rings. The molecule has 2 aromatic heterocycles. The number of pyridine rings is 1. The molecule has 360 valence electrons. The van der Waals surface area contributed by atoms with Crippen molar-refractivity contribution in [1.82, 2.24) is 40.6 Å². The Bertz CT molecular complexity index is 2460. The molecule has 0 spiro atoms. The number of piperidine rings is 2. The van der Waals surface area contributed by atoms with Crippen LogP contribution in [0.3, 0.4) is 0 Å². The summed E-state index contributed by atoms with van der Waals surface area (Å²) < 4.78 is 17.7. The zero-order valence-electron chi connectivity index (χ0n) is 39.0.